The van der Waals surface area contributed by atoms with Gasteiger partial charge in [0.2, 0.25) is 5.91 Å². The summed E-state index contributed by atoms with van der Waals surface area (Å²) in [5.74, 6) is -1.43. The Bertz CT molecular complexity index is 1950. The van der Waals surface area contributed by atoms with Crippen molar-refractivity contribution >= 4 is 33.3 Å². The van der Waals surface area contributed by atoms with Gasteiger partial charge in [-0.1, -0.05) is 0 Å². The van der Waals surface area contributed by atoms with Gasteiger partial charge in [0.05, 0.1) is 19.3 Å². The SMILES string of the molecule is COc1ccc(-n2nc(S(C)(=O)=O)c3c2C(=O)N(c2ccc(-n4ccnc4CN(C)C(=O)C4CC4)cc2)CC3)cc1.O=C(O)C(F)(F)F. The summed E-state index contributed by atoms with van der Waals surface area (Å²) in [4.78, 5) is 43.0. The number of carboxylic acid groups (broad SMARTS) is 1. The fourth-order valence-corrected chi connectivity index (χ4v) is 6.07. The zero-order valence-electron chi connectivity index (χ0n) is 26.0. The van der Waals surface area contributed by atoms with Gasteiger partial charge in [0.1, 0.15) is 17.3 Å². The molecular formula is C31H31F3N6O7S. The maximum atomic E-state index is 13.9. The molecule has 2 aliphatic rings. The van der Waals surface area contributed by atoms with Crippen LogP contribution >= 0.6 is 0 Å². The Kier molecular flexibility index (Phi) is 9.35. The standard InChI is InChI=1S/C29H30N6O5S.C2HF3O2/c1-32(28(36)19-4-5-19)18-25-30-15-17-33(25)20-6-8-21(9-7-20)34-16-14-24-26(29(34)37)35(31-27(24)41(3,38)39)22-10-12-23(40-2)13-11-22;3-2(4,5)1(6)7/h6-13,15,17,19H,4-5,14,16,18H2,1-3H3;(H,6,7). The van der Waals surface area contributed by atoms with E-state index in [1.165, 1.54) is 4.68 Å². The lowest BCUT2D eigenvalue weighted by molar-refractivity contribution is -0.192. The highest BCUT2D eigenvalue weighted by Crippen LogP contribution is 2.33. The second kappa shape index (κ2) is 13.1. The molecule has 0 bridgehead atoms. The highest BCUT2D eigenvalue weighted by molar-refractivity contribution is 7.90. The highest BCUT2D eigenvalue weighted by atomic mass is 32.2. The zero-order valence-corrected chi connectivity index (χ0v) is 26.8. The quantitative estimate of drug-likeness (QED) is 0.292. The van der Waals surface area contributed by atoms with Crippen LogP contribution in [0.4, 0.5) is 18.9 Å². The number of amides is 2. The van der Waals surface area contributed by atoms with Crippen LogP contribution in [0.1, 0.15) is 34.7 Å². The molecule has 254 valence electrons. The minimum Gasteiger partial charge on any atom is -0.497 e. The maximum absolute atomic E-state index is 13.9. The maximum Gasteiger partial charge on any atom is 0.490 e. The Morgan fingerprint density at radius 2 is 1.62 bits per heavy atom. The van der Waals surface area contributed by atoms with Crippen molar-refractivity contribution < 1.29 is 45.8 Å². The minimum atomic E-state index is -5.08. The molecule has 4 aromatic rings. The molecule has 0 saturated heterocycles. The Hall–Kier alpha value is -5.19. The smallest absolute Gasteiger partial charge is 0.490 e. The van der Waals surface area contributed by atoms with Gasteiger partial charge in [0, 0.05) is 55.1 Å². The number of hydrogen-bond donors (Lipinski definition) is 1. The van der Waals surface area contributed by atoms with Gasteiger partial charge in [-0.25, -0.2) is 22.9 Å². The van der Waals surface area contributed by atoms with E-state index in [-0.39, 0.29) is 28.5 Å². The van der Waals surface area contributed by atoms with Crippen LogP contribution in [-0.4, -0.2) is 88.7 Å². The molecule has 2 amide bonds. The number of alkyl halides is 3. The number of fused-ring (bicyclic) bond motifs is 1. The van der Waals surface area contributed by atoms with E-state index in [9.17, 15) is 31.2 Å². The molecule has 17 heteroatoms. The molecule has 0 spiro atoms. The lowest BCUT2D eigenvalue weighted by Gasteiger charge is -2.28. The summed E-state index contributed by atoms with van der Waals surface area (Å²) in [7, 11) is -0.307. The number of sulfone groups is 1. The van der Waals surface area contributed by atoms with E-state index < -0.39 is 22.0 Å². The van der Waals surface area contributed by atoms with Crippen LogP contribution in [-0.2, 0) is 32.4 Å². The first-order valence-electron chi connectivity index (χ1n) is 14.6. The number of aromatic nitrogens is 4. The molecule has 0 radical (unpaired) electrons. The van der Waals surface area contributed by atoms with E-state index in [1.807, 2.05) is 35.0 Å². The van der Waals surface area contributed by atoms with Crippen LogP contribution in [0.2, 0.25) is 0 Å². The first-order valence-corrected chi connectivity index (χ1v) is 16.4. The van der Waals surface area contributed by atoms with Gasteiger partial charge in [0.25, 0.3) is 5.91 Å². The molecule has 0 atom stereocenters. The number of ether oxygens (including phenoxy) is 1. The molecule has 1 fully saturated rings. The van der Waals surface area contributed by atoms with Crippen LogP contribution in [0.3, 0.4) is 0 Å². The number of imidazole rings is 1. The van der Waals surface area contributed by atoms with Crippen LogP contribution in [0.15, 0.2) is 66.0 Å². The number of carbonyl (C=O) groups excluding carboxylic acids is 2. The average molecular weight is 689 g/mol. The van der Waals surface area contributed by atoms with Crippen molar-refractivity contribution in [2.45, 2.75) is 37.0 Å². The lowest BCUT2D eigenvalue weighted by atomic mass is 10.1. The van der Waals surface area contributed by atoms with Crippen LogP contribution in [0.5, 0.6) is 5.75 Å². The second-order valence-electron chi connectivity index (χ2n) is 11.2. The molecular weight excluding hydrogens is 657 g/mol. The van der Waals surface area contributed by atoms with E-state index in [1.54, 1.807) is 54.4 Å². The highest BCUT2D eigenvalue weighted by Gasteiger charge is 2.38. The molecule has 1 N–H and O–H groups in total. The van der Waals surface area contributed by atoms with E-state index in [4.69, 9.17) is 14.6 Å². The first kappa shape index (κ1) is 34.2. The number of methoxy groups -OCH3 is 1. The number of carbonyl (C=O) groups is 3. The predicted molar refractivity (Wildman–Crippen MR) is 165 cm³/mol. The summed E-state index contributed by atoms with van der Waals surface area (Å²) in [6, 6.07) is 14.4. The fraction of sp³-hybridized carbons (Fsp3) is 0.323. The molecule has 1 aliphatic heterocycles. The number of benzene rings is 2. The van der Waals surface area contributed by atoms with Crippen molar-refractivity contribution in [3.63, 3.8) is 0 Å². The molecule has 2 aromatic heterocycles. The van der Waals surface area contributed by atoms with Crippen molar-refractivity contribution in [2.24, 2.45) is 5.92 Å². The first-order chi connectivity index (χ1) is 22.6. The third kappa shape index (κ3) is 7.20. The largest absolute Gasteiger partial charge is 0.497 e. The molecule has 6 rings (SSSR count). The summed E-state index contributed by atoms with van der Waals surface area (Å²) in [6.07, 6.45) is 1.81. The number of rotatable bonds is 8. The van der Waals surface area contributed by atoms with E-state index >= 15 is 0 Å². The van der Waals surface area contributed by atoms with Gasteiger partial charge >= 0.3 is 12.1 Å². The lowest BCUT2D eigenvalue weighted by Crippen LogP contribution is -2.39. The number of aliphatic carboxylic acids is 1. The molecule has 2 aromatic carbocycles. The van der Waals surface area contributed by atoms with Crippen molar-refractivity contribution in [2.75, 3.05) is 31.9 Å². The van der Waals surface area contributed by atoms with Crippen LogP contribution in [0.25, 0.3) is 11.4 Å². The summed E-state index contributed by atoms with van der Waals surface area (Å²) >= 11 is 0. The molecule has 48 heavy (non-hydrogen) atoms. The van der Waals surface area contributed by atoms with Crippen molar-refractivity contribution in [3.05, 3.63) is 78.0 Å². The topological polar surface area (TPSA) is 157 Å². The number of carboxylic acids is 1. The molecule has 3 heterocycles. The number of nitrogens with zero attached hydrogens (tertiary/aromatic N) is 6. The Morgan fingerprint density at radius 1 is 1.04 bits per heavy atom. The minimum absolute atomic E-state index is 0.0792. The van der Waals surface area contributed by atoms with Gasteiger partial charge < -0.3 is 24.2 Å². The normalized spacial score (nSPS) is 14.5. The van der Waals surface area contributed by atoms with Crippen LogP contribution < -0.4 is 9.64 Å². The average Bonchev–Trinajstić information content (AvgIpc) is 3.65. The van der Waals surface area contributed by atoms with E-state index in [0.717, 1.165) is 30.6 Å². The summed E-state index contributed by atoms with van der Waals surface area (Å²) in [5.41, 5.74) is 2.73. The van der Waals surface area contributed by atoms with Crippen molar-refractivity contribution in [1.82, 2.24) is 24.2 Å². The Balaban J connectivity index is 0.000000582. The molecule has 13 nitrogen and oxygen atoms in total. The van der Waals surface area contributed by atoms with E-state index in [0.29, 0.717) is 42.2 Å². The second-order valence-corrected chi connectivity index (χ2v) is 13.2. The predicted octanol–water partition coefficient (Wildman–Crippen LogP) is 3.67. The van der Waals surface area contributed by atoms with Gasteiger partial charge in [-0.2, -0.15) is 18.3 Å². The summed E-state index contributed by atoms with van der Waals surface area (Å²) in [5, 5.41) is 11.4. The zero-order chi connectivity index (χ0) is 35.0. The van der Waals surface area contributed by atoms with Gasteiger partial charge in [-0.05, 0) is 67.8 Å². The monoisotopic (exact) mass is 688 g/mol. The number of hydrogen-bond acceptors (Lipinski definition) is 8. The van der Waals surface area contributed by atoms with Crippen molar-refractivity contribution in [1.29, 1.82) is 0 Å². The summed E-state index contributed by atoms with van der Waals surface area (Å²) < 4.78 is 65.5. The van der Waals surface area contributed by atoms with Crippen molar-refractivity contribution in [3.8, 4) is 17.1 Å². The van der Waals surface area contributed by atoms with Crippen LogP contribution in [0, 0.1) is 5.92 Å². The fourth-order valence-electron chi connectivity index (χ4n) is 5.19. The Morgan fingerprint density at radius 3 is 2.17 bits per heavy atom. The summed E-state index contributed by atoms with van der Waals surface area (Å²) in [6.45, 7) is 0.710. The molecule has 1 saturated carbocycles. The van der Waals surface area contributed by atoms with E-state index in [2.05, 4.69) is 10.1 Å². The number of halogens is 3. The third-order valence-corrected chi connectivity index (χ3v) is 8.76. The Labute approximate surface area is 273 Å². The molecule has 1 aliphatic carbocycles. The van der Waals surface area contributed by atoms with Gasteiger partial charge in [0.15, 0.2) is 14.9 Å². The van der Waals surface area contributed by atoms with Gasteiger partial charge in [-0.3, -0.25) is 9.59 Å². The third-order valence-electron chi connectivity index (χ3n) is 7.73. The number of anilines is 1. The van der Waals surface area contributed by atoms with Gasteiger partial charge in [-0.15, -0.1) is 0 Å². The molecule has 0 unspecified atom stereocenters.